The first kappa shape index (κ1) is 26.0. The van der Waals surface area contributed by atoms with Crippen LogP contribution in [0.5, 0.6) is 5.75 Å². The van der Waals surface area contributed by atoms with Crippen molar-refractivity contribution in [2.24, 2.45) is 0 Å². The van der Waals surface area contributed by atoms with Crippen LogP contribution in [0.3, 0.4) is 0 Å². The summed E-state index contributed by atoms with van der Waals surface area (Å²) in [6.45, 7) is 11.0. The lowest BCUT2D eigenvalue weighted by atomic mass is 9.91. The van der Waals surface area contributed by atoms with E-state index in [-0.39, 0.29) is 34.4 Å². The highest BCUT2D eigenvalue weighted by molar-refractivity contribution is 5.96. The van der Waals surface area contributed by atoms with Crippen molar-refractivity contribution in [2.45, 2.75) is 58.9 Å². The van der Waals surface area contributed by atoms with Gasteiger partial charge in [0.15, 0.2) is 5.78 Å². The van der Waals surface area contributed by atoms with E-state index in [9.17, 15) is 4.79 Å². The van der Waals surface area contributed by atoms with Crippen molar-refractivity contribution in [1.82, 2.24) is 19.3 Å². The number of ketones is 1. The number of Topliss-reactive ketones (excluding diaryl/α,β-unsaturated/α-hetero) is 1. The third-order valence-electron chi connectivity index (χ3n) is 6.63. The number of halogens is 1. The van der Waals surface area contributed by atoms with Crippen LogP contribution in [-0.4, -0.2) is 64.0 Å². The van der Waals surface area contributed by atoms with E-state index >= 15 is 4.39 Å². The number of morpholine rings is 1. The lowest BCUT2D eigenvalue weighted by Gasteiger charge is -2.41. The van der Waals surface area contributed by atoms with Crippen molar-refractivity contribution in [3.05, 3.63) is 41.7 Å². The van der Waals surface area contributed by atoms with Crippen LogP contribution in [0.1, 0.15) is 69.1 Å². The van der Waals surface area contributed by atoms with E-state index in [4.69, 9.17) is 20.2 Å². The third-order valence-corrected chi connectivity index (χ3v) is 6.63. The number of hydrogen-bond donors (Lipinski definition) is 1. The van der Waals surface area contributed by atoms with Crippen LogP contribution in [0, 0.1) is 5.82 Å². The van der Waals surface area contributed by atoms with E-state index in [1.165, 1.54) is 19.4 Å². The SMILES string of the molecule is CCC.CCOc1cc(C(C)=O)cc(F)c1-c1nc(C2CCC3COCCN3C2)n2ccnc(N)c12. The Balaban J connectivity index is 0.000000967. The minimum Gasteiger partial charge on any atom is -0.493 e. The Morgan fingerprint density at radius 2 is 2.06 bits per heavy atom. The van der Waals surface area contributed by atoms with Crippen LogP contribution < -0.4 is 10.5 Å². The van der Waals surface area contributed by atoms with Crippen LogP contribution in [-0.2, 0) is 4.74 Å². The number of carbonyl (C=O) groups is 1. The molecule has 1 aromatic carbocycles. The van der Waals surface area contributed by atoms with Gasteiger partial charge in [-0.05, 0) is 38.8 Å². The van der Waals surface area contributed by atoms with E-state index in [0.717, 1.165) is 45.0 Å². The van der Waals surface area contributed by atoms with Crippen molar-refractivity contribution >= 4 is 17.1 Å². The van der Waals surface area contributed by atoms with Crippen LogP contribution in [0.15, 0.2) is 24.5 Å². The molecule has 36 heavy (non-hydrogen) atoms. The molecule has 2 aromatic heterocycles. The standard InChI is InChI=1S/C24H28FN5O3.C3H8/c1-3-33-19-11-16(14(2)31)10-18(25)20(19)21-22-23(26)27-6-7-30(22)24(28-21)15-4-5-17-13-32-9-8-29(17)12-15;1-3-2/h6-7,10-11,15,17H,3-5,8-9,12-13H2,1-2H3,(H2,26,27);3H2,1-2H3. The van der Waals surface area contributed by atoms with Crippen molar-refractivity contribution in [1.29, 1.82) is 0 Å². The fourth-order valence-corrected chi connectivity index (χ4v) is 5.01. The number of fused-ring (bicyclic) bond motifs is 2. The molecule has 2 unspecified atom stereocenters. The summed E-state index contributed by atoms with van der Waals surface area (Å²) in [5, 5.41) is 0. The van der Waals surface area contributed by atoms with Gasteiger partial charge in [-0.2, -0.15) is 0 Å². The molecule has 5 rings (SSSR count). The third kappa shape index (κ3) is 5.08. The topological polar surface area (TPSA) is 95.0 Å². The quantitative estimate of drug-likeness (QED) is 0.510. The molecule has 0 radical (unpaired) electrons. The summed E-state index contributed by atoms with van der Waals surface area (Å²) in [4.78, 5) is 23.5. The number of carbonyl (C=O) groups excluding carboxylic acids is 1. The lowest BCUT2D eigenvalue weighted by molar-refractivity contribution is -0.0285. The van der Waals surface area contributed by atoms with Crippen molar-refractivity contribution in [3.63, 3.8) is 0 Å². The molecule has 0 saturated carbocycles. The molecular weight excluding hydrogens is 461 g/mol. The van der Waals surface area contributed by atoms with Crippen LogP contribution in [0.25, 0.3) is 16.8 Å². The second kappa shape index (κ2) is 11.3. The maximum atomic E-state index is 15.4. The van der Waals surface area contributed by atoms with Crippen LogP contribution in [0.2, 0.25) is 0 Å². The maximum absolute atomic E-state index is 15.4. The summed E-state index contributed by atoms with van der Waals surface area (Å²) < 4.78 is 28.8. The molecule has 0 aliphatic carbocycles. The number of ether oxygens (including phenoxy) is 2. The van der Waals surface area contributed by atoms with E-state index < -0.39 is 5.82 Å². The molecule has 9 heteroatoms. The number of imidazole rings is 1. The molecule has 0 bridgehead atoms. The minimum absolute atomic E-state index is 0.164. The Kier molecular flexibility index (Phi) is 8.21. The van der Waals surface area contributed by atoms with E-state index in [1.807, 2.05) is 17.5 Å². The monoisotopic (exact) mass is 497 g/mol. The fourth-order valence-electron chi connectivity index (χ4n) is 5.01. The molecule has 2 aliphatic rings. The number of anilines is 1. The van der Waals surface area contributed by atoms with E-state index in [1.54, 1.807) is 12.3 Å². The Bertz CT molecular complexity index is 1230. The Labute approximate surface area is 211 Å². The normalized spacial score (nSPS) is 19.9. The average molecular weight is 498 g/mol. The van der Waals surface area contributed by atoms with Gasteiger partial charge in [0.2, 0.25) is 0 Å². The molecule has 8 nitrogen and oxygen atoms in total. The lowest BCUT2D eigenvalue weighted by Crippen LogP contribution is -2.50. The molecule has 4 heterocycles. The van der Waals surface area contributed by atoms with Gasteiger partial charge in [-0.25, -0.2) is 14.4 Å². The molecule has 2 N–H and O–H groups in total. The Morgan fingerprint density at radius 1 is 1.28 bits per heavy atom. The number of hydrogen-bond acceptors (Lipinski definition) is 7. The number of nitrogens with zero attached hydrogens (tertiary/aromatic N) is 4. The second-order valence-electron chi connectivity index (χ2n) is 9.38. The number of nitrogens with two attached hydrogens (primary N) is 1. The zero-order valence-corrected chi connectivity index (χ0v) is 21.6. The van der Waals surface area contributed by atoms with Gasteiger partial charge in [0.25, 0.3) is 0 Å². The highest BCUT2D eigenvalue weighted by Crippen LogP contribution is 2.40. The van der Waals surface area contributed by atoms with Crippen molar-refractivity contribution in [2.75, 3.05) is 38.6 Å². The summed E-state index contributed by atoms with van der Waals surface area (Å²) in [5.41, 5.74) is 7.66. The van der Waals surface area contributed by atoms with E-state index in [2.05, 4.69) is 23.7 Å². The smallest absolute Gasteiger partial charge is 0.160 e. The molecule has 0 spiro atoms. The van der Waals surface area contributed by atoms with E-state index in [0.29, 0.717) is 23.9 Å². The number of benzene rings is 1. The van der Waals surface area contributed by atoms with Gasteiger partial charge >= 0.3 is 0 Å². The van der Waals surface area contributed by atoms with Gasteiger partial charge in [0.05, 0.1) is 25.4 Å². The van der Waals surface area contributed by atoms with Crippen molar-refractivity contribution in [3.8, 4) is 17.0 Å². The van der Waals surface area contributed by atoms with Gasteiger partial charge in [-0.1, -0.05) is 20.3 Å². The molecule has 2 fully saturated rings. The number of rotatable bonds is 5. The maximum Gasteiger partial charge on any atom is 0.160 e. The van der Waals surface area contributed by atoms with Gasteiger partial charge in [-0.3, -0.25) is 14.1 Å². The first-order valence-electron chi connectivity index (χ1n) is 12.8. The van der Waals surface area contributed by atoms with Crippen LogP contribution >= 0.6 is 0 Å². The molecule has 3 aromatic rings. The fraction of sp³-hybridized carbons (Fsp3) is 0.519. The summed E-state index contributed by atoms with van der Waals surface area (Å²) in [7, 11) is 0. The summed E-state index contributed by atoms with van der Waals surface area (Å²) in [6, 6.07) is 3.24. The molecule has 0 amide bonds. The zero-order valence-electron chi connectivity index (χ0n) is 21.6. The molecule has 2 saturated heterocycles. The Hall–Kier alpha value is -3.04. The molecular formula is C27H36FN5O3. The Morgan fingerprint density at radius 3 is 2.78 bits per heavy atom. The van der Waals surface area contributed by atoms with Crippen LogP contribution in [0.4, 0.5) is 10.2 Å². The zero-order chi connectivity index (χ0) is 25.8. The second-order valence-corrected chi connectivity index (χ2v) is 9.38. The van der Waals surface area contributed by atoms with Gasteiger partial charge in [0, 0.05) is 43.0 Å². The van der Waals surface area contributed by atoms with Gasteiger partial charge < -0.3 is 15.2 Å². The molecule has 194 valence electrons. The largest absolute Gasteiger partial charge is 0.493 e. The minimum atomic E-state index is -0.571. The first-order chi connectivity index (χ1) is 17.4. The number of aromatic nitrogens is 3. The first-order valence-corrected chi connectivity index (χ1v) is 12.8. The summed E-state index contributed by atoms with van der Waals surface area (Å²) in [6.07, 6.45) is 6.68. The highest BCUT2D eigenvalue weighted by atomic mass is 19.1. The molecule has 2 aliphatic heterocycles. The predicted octanol–water partition coefficient (Wildman–Crippen LogP) is 4.71. The van der Waals surface area contributed by atoms with Crippen molar-refractivity contribution < 1.29 is 18.7 Å². The summed E-state index contributed by atoms with van der Waals surface area (Å²) in [5.74, 6) is 0.727. The van der Waals surface area contributed by atoms with Gasteiger partial charge in [0.1, 0.15) is 34.4 Å². The highest BCUT2D eigenvalue weighted by Gasteiger charge is 2.34. The number of nitrogen functional groups attached to an aromatic ring is 1. The average Bonchev–Trinajstić information content (AvgIpc) is 3.24. The predicted molar refractivity (Wildman–Crippen MR) is 138 cm³/mol. The molecule has 2 atom stereocenters. The van der Waals surface area contributed by atoms with Gasteiger partial charge in [-0.15, -0.1) is 0 Å². The number of piperidine rings is 1. The summed E-state index contributed by atoms with van der Waals surface area (Å²) >= 11 is 0.